The topological polar surface area (TPSA) is 66.5 Å². The van der Waals surface area contributed by atoms with Crippen molar-refractivity contribution in [3.63, 3.8) is 0 Å². The molecule has 1 fully saturated rings. The third-order valence-corrected chi connectivity index (χ3v) is 7.24. The van der Waals surface area contributed by atoms with Crippen LogP contribution in [0.3, 0.4) is 0 Å². The Kier molecular flexibility index (Phi) is 7.11. The van der Waals surface area contributed by atoms with Crippen molar-refractivity contribution in [2.75, 3.05) is 13.1 Å². The van der Waals surface area contributed by atoms with Crippen LogP contribution >= 0.6 is 11.6 Å². The van der Waals surface area contributed by atoms with Gasteiger partial charge in [-0.3, -0.25) is 4.79 Å². The van der Waals surface area contributed by atoms with E-state index in [4.69, 9.17) is 11.6 Å². The molecule has 1 aliphatic rings. The summed E-state index contributed by atoms with van der Waals surface area (Å²) in [5.74, 6) is 0.287. The van der Waals surface area contributed by atoms with Crippen molar-refractivity contribution in [3.8, 4) is 0 Å². The molecule has 0 atom stereocenters. The Hall–Kier alpha value is -1.11. The Morgan fingerprint density at radius 2 is 1.65 bits per heavy atom. The van der Waals surface area contributed by atoms with Crippen LogP contribution in [-0.2, 0) is 10.0 Å². The van der Waals surface area contributed by atoms with E-state index in [-0.39, 0.29) is 33.7 Å². The smallest absolute Gasteiger partial charge is 0.251 e. The maximum Gasteiger partial charge on any atom is 0.251 e. The quantitative estimate of drug-likeness (QED) is 0.786. The van der Waals surface area contributed by atoms with Crippen LogP contribution in [0.2, 0.25) is 5.02 Å². The van der Waals surface area contributed by atoms with Crippen LogP contribution < -0.4 is 5.32 Å². The first-order chi connectivity index (χ1) is 12.1. The molecule has 0 bridgehead atoms. The Balaban J connectivity index is 2.30. The second kappa shape index (κ2) is 8.72. The Morgan fingerprint density at radius 3 is 2.19 bits per heavy atom. The minimum absolute atomic E-state index is 0.0133. The van der Waals surface area contributed by atoms with Crippen LogP contribution in [0, 0.1) is 11.8 Å². The van der Waals surface area contributed by atoms with E-state index in [9.17, 15) is 13.2 Å². The van der Waals surface area contributed by atoms with Gasteiger partial charge < -0.3 is 5.32 Å². The van der Waals surface area contributed by atoms with Gasteiger partial charge in [0, 0.05) is 24.7 Å². The average Bonchev–Trinajstić information content (AvgIpc) is 2.59. The van der Waals surface area contributed by atoms with Crippen LogP contribution in [0.25, 0.3) is 0 Å². The number of hydrogen-bond donors (Lipinski definition) is 1. The molecule has 26 heavy (non-hydrogen) atoms. The molecule has 1 heterocycles. The molecule has 5 nitrogen and oxygen atoms in total. The number of carbonyl (C=O) groups excluding carboxylic acids is 1. The number of nitrogens with one attached hydrogen (secondary N) is 1. The second-order valence-corrected chi connectivity index (χ2v) is 9.91. The number of carbonyl (C=O) groups is 1. The summed E-state index contributed by atoms with van der Waals surface area (Å²) in [4.78, 5) is 12.7. The summed E-state index contributed by atoms with van der Waals surface area (Å²) in [7, 11) is -3.69. The predicted octanol–water partition coefficient (Wildman–Crippen LogP) is 3.93. The van der Waals surface area contributed by atoms with E-state index in [2.05, 4.69) is 33.0 Å². The number of rotatable bonds is 6. The molecule has 1 aromatic rings. The third-order valence-electron chi connectivity index (χ3n) is 4.86. The predicted molar refractivity (Wildman–Crippen MR) is 105 cm³/mol. The van der Waals surface area contributed by atoms with Gasteiger partial charge in [0.25, 0.3) is 5.91 Å². The fourth-order valence-electron chi connectivity index (χ4n) is 3.42. The van der Waals surface area contributed by atoms with Gasteiger partial charge in [-0.25, -0.2) is 8.42 Å². The van der Waals surface area contributed by atoms with Gasteiger partial charge >= 0.3 is 0 Å². The highest BCUT2D eigenvalue weighted by Crippen LogP contribution is 2.28. The number of halogens is 1. The molecule has 2 rings (SSSR count). The number of hydrogen-bond acceptors (Lipinski definition) is 3. The molecule has 0 unspecified atom stereocenters. The summed E-state index contributed by atoms with van der Waals surface area (Å²) in [6.45, 7) is 9.21. The highest BCUT2D eigenvalue weighted by Gasteiger charge is 2.29. The average molecular weight is 401 g/mol. The van der Waals surface area contributed by atoms with Crippen molar-refractivity contribution < 1.29 is 13.2 Å². The zero-order chi connectivity index (χ0) is 19.5. The molecular formula is C19H29ClN2O3S. The molecule has 0 spiro atoms. The molecule has 146 valence electrons. The summed E-state index contributed by atoms with van der Waals surface area (Å²) in [6.07, 6.45) is 2.73. The molecule has 1 aliphatic heterocycles. The van der Waals surface area contributed by atoms with E-state index in [1.54, 1.807) is 6.07 Å². The first kappa shape index (κ1) is 21.2. The maximum atomic E-state index is 12.9. The van der Waals surface area contributed by atoms with E-state index in [1.807, 2.05) is 0 Å². The van der Waals surface area contributed by atoms with Gasteiger partial charge in [-0.15, -0.1) is 0 Å². The lowest BCUT2D eigenvalue weighted by atomic mass is 9.93. The van der Waals surface area contributed by atoms with Crippen molar-refractivity contribution >= 4 is 27.5 Å². The molecule has 1 aromatic carbocycles. The zero-order valence-electron chi connectivity index (χ0n) is 16.0. The summed E-state index contributed by atoms with van der Waals surface area (Å²) in [5.41, 5.74) is 0.316. The lowest BCUT2D eigenvalue weighted by Crippen LogP contribution is -2.42. The largest absolute Gasteiger partial charge is 0.349 e. The van der Waals surface area contributed by atoms with Crippen molar-refractivity contribution in [1.29, 1.82) is 0 Å². The lowest BCUT2D eigenvalue weighted by molar-refractivity contribution is 0.0910. The Morgan fingerprint density at radius 1 is 1.08 bits per heavy atom. The molecule has 0 saturated carbocycles. The van der Waals surface area contributed by atoms with E-state index >= 15 is 0 Å². The molecule has 0 aromatic heterocycles. The minimum atomic E-state index is -3.69. The van der Waals surface area contributed by atoms with Crippen LogP contribution in [0.1, 0.15) is 57.3 Å². The zero-order valence-corrected chi connectivity index (χ0v) is 17.5. The minimum Gasteiger partial charge on any atom is -0.349 e. The molecule has 1 N–H and O–H groups in total. The van der Waals surface area contributed by atoms with Crippen molar-refractivity contribution in [3.05, 3.63) is 28.8 Å². The Bertz CT molecular complexity index is 733. The fourth-order valence-corrected chi connectivity index (χ4v) is 5.44. The molecule has 1 saturated heterocycles. The molecule has 1 amide bonds. The summed E-state index contributed by atoms with van der Waals surface area (Å²) in [6, 6.07) is 4.48. The monoisotopic (exact) mass is 400 g/mol. The van der Waals surface area contributed by atoms with Crippen LogP contribution in [-0.4, -0.2) is 37.8 Å². The normalized spacial score (nSPS) is 16.5. The van der Waals surface area contributed by atoms with E-state index in [0.29, 0.717) is 18.7 Å². The number of nitrogens with zero attached hydrogens (tertiary/aromatic N) is 1. The molecule has 0 radical (unpaired) electrons. The molecule has 0 aliphatic carbocycles. The third kappa shape index (κ3) is 4.78. The first-order valence-corrected chi connectivity index (χ1v) is 11.1. The number of sulfonamides is 1. The van der Waals surface area contributed by atoms with Crippen molar-refractivity contribution in [2.45, 2.75) is 57.9 Å². The molecular weight excluding hydrogens is 372 g/mol. The Labute approximate surface area is 162 Å². The van der Waals surface area contributed by atoms with Crippen molar-refractivity contribution in [1.82, 2.24) is 9.62 Å². The van der Waals surface area contributed by atoms with Gasteiger partial charge in [0.05, 0.1) is 5.02 Å². The highest BCUT2D eigenvalue weighted by atomic mass is 35.5. The van der Waals surface area contributed by atoms with Gasteiger partial charge in [-0.05, 0) is 42.9 Å². The number of piperidine rings is 1. The van der Waals surface area contributed by atoms with Gasteiger partial charge in [-0.1, -0.05) is 45.7 Å². The SMILES string of the molecule is CC(C)C(NC(=O)c1ccc(Cl)c(S(=O)(=O)N2CCCCC2)c1)C(C)C. The second-order valence-electron chi connectivity index (χ2n) is 7.60. The lowest BCUT2D eigenvalue weighted by Gasteiger charge is -2.27. The fraction of sp³-hybridized carbons (Fsp3) is 0.632. The molecule has 7 heteroatoms. The maximum absolute atomic E-state index is 12.9. The van der Waals surface area contributed by atoms with Gasteiger partial charge in [0.2, 0.25) is 10.0 Å². The van der Waals surface area contributed by atoms with Crippen LogP contribution in [0.5, 0.6) is 0 Å². The van der Waals surface area contributed by atoms with Crippen LogP contribution in [0.4, 0.5) is 0 Å². The number of benzene rings is 1. The first-order valence-electron chi connectivity index (χ1n) is 9.25. The van der Waals surface area contributed by atoms with E-state index in [0.717, 1.165) is 19.3 Å². The van der Waals surface area contributed by atoms with Gasteiger partial charge in [-0.2, -0.15) is 4.31 Å². The summed E-state index contributed by atoms with van der Waals surface area (Å²) in [5, 5.41) is 3.17. The van der Waals surface area contributed by atoms with Crippen molar-refractivity contribution in [2.24, 2.45) is 11.8 Å². The van der Waals surface area contributed by atoms with Crippen LogP contribution in [0.15, 0.2) is 23.1 Å². The van der Waals surface area contributed by atoms with Gasteiger partial charge in [0.15, 0.2) is 0 Å². The summed E-state index contributed by atoms with van der Waals surface area (Å²) >= 11 is 6.17. The number of amides is 1. The highest BCUT2D eigenvalue weighted by molar-refractivity contribution is 7.89. The summed E-state index contributed by atoms with van der Waals surface area (Å²) < 4.78 is 27.3. The van der Waals surface area contributed by atoms with E-state index in [1.165, 1.54) is 16.4 Å². The van der Waals surface area contributed by atoms with E-state index < -0.39 is 10.0 Å². The van der Waals surface area contributed by atoms with Gasteiger partial charge in [0.1, 0.15) is 4.90 Å². The standard InChI is InChI=1S/C19H29ClN2O3S/c1-13(2)18(14(3)4)21-19(23)15-8-9-16(20)17(12-15)26(24,25)22-10-6-5-7-11-22/h8-9,12-14,18H,5-7,10-11H2,1-4H3,(H,21,23).